The molecular formula is C23H24N4O3S. The zero-order valence-electron chi connectivity index (χ0n) is 17.0. The average Bonchev–Trinajstić information content (AvgIpc) is 3.33. The molecule has 8 heteroatoms. The van der Waals surface area contributed by atoms with Crippen molar-refractivity contribution in [1.29, 1.82) is 0 Å². The Labute approximate surface area is 182 Å². The first-order valence-corrected chi connectivity index (χ1v) is 11.7. The van der Waals surface area contributed by atoms with E-state index in [1.165, 1.54) is 4.31 Å². The lowest BCUT2D eigenvalue weighted by Crippen LogP contribution is -2.50. The molecule has 2 aromatic carbocycles. The number of amides is 1. The monoisotopic (exact) mass is 436 g/mol. The number of piperazine rings is 1. The number of imidazole rings is 1. The highest BCUT2D eigenvalue weighted by Gasteiger charge is 2.28. The van der Waals surface area contributed by atoms with Gasteiger partial charge in [0, 0.05) is 50.3 Å². The van der Waals surface area contributed by atoms with E-state index in [1.807, 2.05) is 65.4 Å². The van der Waals surface area contributed by atoms with Gasteiger partial charge in [0.2, 0.25) is 15.9 Å². The summed E-state index contributed by atoms with van der Waals surface area (Å²) in [6.45, 7) is 1.40. The van der Waals surface area contributed by atoms with E-state index in [-0.39, 0.29) is 11.7 Å². The van der Waals surface area contributed by atoms with Gasteiger partial charge in [-0.3, -0.25) is 4.79 Å². The normalized spacial score (nSPS) is 15.4. The predicted octanol–water partition coefficient (Wildman–Crippen LogP) is 2.56. The summed E-state index contributed by atoms with van der Waals surface area (Å²) in [6, 6.07) is 16.9. The first-order chi connectivity index (χ1) is 15.0. The molecule has 0 bridgehead atoms. The maximum Gasteiger partial charge on any atom is 0.246 e. The zero-order valence-corrected chi connectivity index (χ0v) is 17.9. The molecule has 0 unspecified atom stereocenters. The maximum atomic E-state index is 12.7. The third kappa shape index (κ3) is 5.28. The van der Waals surface area contributed by atoms with E-state index in [1.54, 1.807) is 29.6 Å². The summed E-state index contributed by atoms with van der Waals surface area (Å²) in [5.74, 6) is -0.129. The Morgan fingerprint density at radius 1 is 0.968 bits per heavy atom. The second-order valence-electron chi connectivity index (χ2n) is 7.36. The van der Waals surface area contributed by atoms with Gasteiger partial charge < -0.3 is 9.47 Å². The van der Waals surface area contributed by atoms with Gasteiger partial charge in [0.25, 0.3) is 0 Å². The van der Waals surface area contributed by atoms with Crippen LogP contribution in [0, 0.1) is 0 Å². The molecule has 2 heterocycles. The topological polar surface area (TPSA) is 75.5 Å². The van der Waals surface area contributed by atoms with Crippen LogP contribution in [0.1, 0.15) is 11.1 Å². The maximum absolute atomic E-state index is 12.7. The lowest BCUT2D eigenvalue weighted by Gasteiger charge is -2.33. The summed E-state index contributed by atoms with van der Waals surface area (Å²) in [5, 5.41) is 0. The molecule has 1 amide bonds. The highest BCUT2D eigenvalue weighted by molar-refractivity contribution is 7.88. The van der Waals surface area contributed by atoms with Crippen molar-refractivity contribution in [1.82, 2.24) is 18.8 Å². The van der Waals surface area contributed by atoms with Crippen LogP contribution >= 0.6 is 0 Å². The number of carbonyl (C=O) groups is 1. The third-order valence-electron chi connectivity index (χ3n) is 5.25. The molecule has 0 radical (unpaired) electrons. The molecule has 0 atom stereocenters. The molecule has 3 aromatic rings. The first kappa shape index (κ1) is 21.0. The van der Waals surface area contributed by atoms with E-state index >= 15 is 0 Å². The quantitative estimate of drug-likeness (QED) is 0.557. The zero-order chi connectivity index (χ0) is 21.7. The SMILES string of the molecule is O=C(C=Cc1ccc(-n2ccnc2)cc1)N1CCN(S(=O)(=O)Cc2ccccc2)CC1. The molecule has 160 valence electrons. The highest BCUT2D eigenvalue weighted by Crippen LogP contribution is 2.15. The Morgan fingerprint density at radius 3 is 2.32 bits per heavy atom. The summed E-state index contributed by atoms with van der Waals surface area (Å²) in [7, 11) is -3.39. The standard InChI is InChI=1S/C23H24N4O3S/c28-23(11-8-20-6-9-22(10-7-20)26-13-12-24-19-26)25-14-16-27(17-15-25)31(29,30)18-21-4-2-1-3-5-21/h1-13,19H,14-18H2. The summed E-state index contributed by atoms with van der Waals surface area (Å²) in [4.78, 5) is 18.2. The van der Waals surface area contributed by atoms with E-state index < -0.39 is 10.0 Å². The van der Waals surface area contributed by atoms with Crippen LogP contribution in [-0.2, 0) is 20.6 Å². The van der Waals surface area contributed by atoms with Crippen molar-refractivity contribution in [3.05, 3.63) is 90.5 Å². The summed E-state index contributed by atoms with van der Waals surface area (Å²) in [5.41, 5.74) is 2.68. The molecule has 0 aliphatic carbocycles. The Bertz CT molecular complexity index is 1130. The van der Waals surface area contributed by atoms with Crippen LogP contribution in [-0.4, -0.2) is 59.3 Å². The van der Waals surface area contributed by atoms with Crippen LogP contribution in [0.4, 0.5) is 0 Å². The van der Waals surface area contributed by atoms with Crippen LogP contribution in [0.3, 0.4) is 0 Å². The lowest BCUT2D eigenvalue weighted by atomic mass is 10.2. The number of aromatic nitrogens is 2. The minimum atomic E-state index is -3.39. The Morgan fingerprint density at radius 2 is 1.68 bits per heavy atom. The van der Waals surface area contributed by atoms with Gasteiger partial charge in [0.15, 0.2) is 0 Å². The molecular weight excluding hydrogens is 412 g/mol. The van der Waals surface area contributed by atoms with Crippen molar-refractivity contribution in [3.63, 3.8) is 0 Å². The van der Waals surface area contributed by atoms with Crippen LogP contribution < -0.4 is 0 Å². The van der Waals surface area contributed by atoms with Gasteiger partial charge in [0.1, 0.15) is 0 Å². The van der Waals surface area contributed by atoms with Crippen molar-refractivity contribution in [3.8, 4) is 5.69 Å². The molecule has 31 heavy (non-hydrogen) atoms. The van der Waals surface area contributed by atoms with E-state index in [0.717, 1.165) is 16.8 Å². The molecule has 7 nitrogen and oxygen atoms in total. The smallest absolute Gasteiger partial charge is 0.246 e. The van der Waals surface area contributed by atoms with Gasteiger partial charge in [-0.2, -0.15) is 4.31 Å². The second kappa shape index (κ2) is 9.28. The van der Waals surface area contributed by atoms with E-state index in [2.05, 4.69) is 4.98 Å². The molecule has 1 fully saturated rings. The molecule has 0 saturated carbocycles. The first-order valence-electron chi connectivity index (χ1n) is 10.1. The van der Waals surface area contributed by atoms with Crippen molar-refractivity contribution < 1.29 is 13.2 Å². The lowest BCUT2D eigenvalue weighted by molar-refractivity contribution is -0.127. The fraction of sp³-hybridized carbons (Fsp3) is 0.217. The second-order valence-corrected chi connectivity index (χ2v) is 9.33. The minimum absolute atomic E-state index is 0.0171. The van der Waals surface area contributed by atoms with Gasteiger partial charge in [-0.1, -0.05) is 42.5 Å². The van der Waals surface area contributed by atoms with Crippen molar-refractivity contribution in [2.24, 2.45) is 0 Å². The van der Waals surface area contributed by atoms with Gasteiger partial charge in [-0.25, -0.2) is 13.4 Å². The molecule has 1 aliphatic rings. The number of hydrogen-bond acceptors (Lipinski definition) is 4. The van der Waals surface area contributed by atoms with Crippen LogP contribution in [0.15, 0.2) is 79.4 Å². The number of hydrogen-bond donors (Lipinski definition) is 0. The van der Waals surface area contributed by atoms with Crippen molar-refractivity contribution in [2.75, 3.05) is 26.2 Å². The van der Waals surface area contributed by atoms with Gasteiger partial charge in [-0.15, -0.1) is 0 Å². The fourth-order valence-electron chi connectivity index (χ4n) is 3.51. The van der Waals surface area contributed by atoms with Crippen LogP contribution in [0.25, 0.3) is 11.8 Å². The third-order valence-corrected chi connectivity index (χ3v) is 7.10. The summed E-state index contributed by atoms with van der Waals surface area (Å²) < 4.78 is 28.7. The molecule has 0 spiro atoms. The van der Waals surface area contributed by atoms with E-state index in [4.69, 9.17) is 0 Å². The highest BCUT2D eigenvalue weighted by atomic mass is 32.2. The fourth-order valence-corrected chi connectivity index (χ4v) is 5.02. The average molecular weight is 437 g/mol. The van der Waals surface area contributed by atoms with Crippen molar-refractivity contribution in [2.45, 2.75) is 5.75 Å². The molecule has 4 rings (SSSR count). The Hall–Kier alpha value is -3.23. The summed E-state index contributed by atoms with van der Waals surface area (Å²) in [6.07, 6.45) is 8.64. The van der Waals surface area contributed by atoms with E-state index in [9.17, 15) is 13.2 Å². The number of rotatable bonds is 6. The van der Waals surface area contributed by atoms with Crippen LogP contribution in [0.5, 0.6) is 0 Å². The number of benzene rings is 2. The molecule has 1 aromatic heterocycles. The predicted molar refractivity (Wildman–Crippen MR) is 120 cm³/mol. The number of carbonyl (C=O) groups excluding carboxylic acids is 1. The Kier molecular flexibility index (Phi) is 6.29. The largest absolute Gasteiger partial charge is 0.337 e. The molecule has 1 aliphatic heterocycles. The number of sulfonamides is 1. The van der Waals surface area contributed by atoms with Gasteiger partial charge in [0.05, 0.1) is 12.1 Å². The van der Waals surface area contributed by atoms with Gasteiger partial charge in [-0.05, 0) is 29.3 Å². The Balaban J connectivity index is 1.31. The molecule has 1 saturated heterocycles. The van der Waals surface area contributed by atoms with Gasteiger partial charge >= 0.3 is 0 Å². The number of nitrogens with zero attached hydrogens (tertiary/aromatic N) is 4. The minimum Gasteiger partial charge on any atom is -0.337 e. The summed E-state index contributed by atoms with van der Waals surface area (Å²) >= 11 is 0. The molecule has 0 N–H and O–H groups in total. The van der Waals surface area contributed by atoms with E-state index in [0.29, 0.717) is 26.2 Å². The van der Waals surface area contributed by atoms with Crippen LogP contribution in [0.2, 0.25) is 0 Å². The van der Waals surface area contributed by atoms with Crippen molar-refractivity contribution >= 4 is 22.0 Å².